The second kappa shape index (κ2) is 13.8. The zero-order chi connectivity index (χ0) is 31.3. The number of carbonyl (C=O) groups is 2. The molecule has 43 heavy (non-hydrogen) atoms. The van der Waals surface area contributed by atoms with Gasteiger partial charge < -0.3 is 0 Å². The quantitative estimate of drug-likeness (QED) is 0.296. The molecule has 4 rings (SSSR count). The van der Waals surface area contributed by atoms with Gasteiger partial charge in [0.25, 0.3) is 0 Å². The fourth-order valence-corrected chi connectivity index (χ4v) is 14.0. The van der Waals surface area contributed by atoms with Gasteiger partial charge in [0.15, 0.2) is 0 Å². The van der Waals surface area contributed by atoms with Crippen LogP contribution in [0.25, 0.3) is 0 Å². The summed E-state index contributed by atoms with van der Waals surface area (Å²) in [6.45, 7) is 0.175. The van der Waals surface area contributed by atoms with E-state index in [1.165, 1.54) is 21.9 Å². The van der Waals surface area contributed by atoms with E-state index in [0.717, 1.165) is 12.1 Å². The van der Waals surface area contributed by atoms with Crippen LogP contribution in [0.3, 0.4) is 0 Å². The molecule has 0 fully saturated rings. The van der Waals surface area contributed by atoms with Crippen LogP contribution in [0.4, 0.5) is 27.2 Å². The van der Waals surface area contributed by atoms with Crippen molar-refractivity contribution in [3.8, 4) is 0 Å². The number of amides is 4. The predicted octanol–water partition coefficient (Wildman–Crippen LogP) is 4.66. The van der Waals surface area contributed by atoms with Crippen molar-refractivity contribution in [1.82, 2.24) is 20.4 Å². The van der Waals surface area contributed by atoms with Crippen molar-refractivity contribution in [1.29, 1.82) is 0 Å². The average molecular weight is 633 g/mol. The Morgan fingerprint density at radius 2 is 1.09 bits per heavy atom. The number of hydrogen-bond acceptors (Lipinski definition) is 2. The van der Waals surface area contributed by atoms with Crippen LogP contribution in [0, 0.1) is 23.3 Å². The molecule has 0 saturated carbocycles. The molecule has 0 radical (unpaired) electrons. The third-order valence-electron chi connectivity index (χ3n) is 7.75. The molecular weight excluding hydrogens is 596 g/mol. The van der Waals surface area contributed by atoms with Crippen LogP contribution in [-0.4, -0.2) is 63.1 Å². The molecule has 0 saturated heterocycles. The van der Waals surface area contributed by atoms with Crippen LogP contribution in [0.5, 0.6) is 0 Å². The monoisotopic (exact) mass is 632 g/mol. The Labute approximate surface area is 253 Å². The van der Waals surface area contributed by atoms with E-state index in [1.54, 1.807) is 52.5 Å². The van der Waals surface area contributed by atoms with Gasteiger partial charge in [0.1, 0.15) is 0 Å². The van der Waals surface area contributed by atoms with Crippen molar-refractivity contribution in [2.45, 2.75) is 25.7 Å². The van der Waals surface area contributed by atoms with Gasteiger partial charge in [-0.1, -0.05) is 0 Å². The van der Waals surface area contributed by atoms with Gasteiger partial charge in [-0.05, 0) is 0 Å². The number of benzene rings is 2. The molecule has 0 aliphatic heterocycles. The molecule has 11 heteroatoms. The standard InChI is InChI=1S/2C11H13F2N2O.2C5H5.Ti/c2*1-15(2)11(16)14-6-5-8-3-4-9(12)7-10(8)13;2*1-2-4-5-3-1;/h2*3-4H,5-6H2,1-2H3,(H,14,16);2*1-3H,4H2;. The van der Waals surface area contributed by atoms with Crippen LogP contribution in [0.1, 0.15) is 24.0 Å². The molecule has 0 heterocycles. The van der Waals surface area contributed by atoms with Crippen molar-refractivity contribution in [3.05, 3.63) is 103 Å². The Morgan fingerprint density at radius 1 is 0.698 bits per heavy atom. The van der Waals surface area contributed by atoms with Crippen LogP contribution in [0.15, 0.2) is 68.5 Å². The number of nitrogens with one attached hydrogen (secondary N) is 2. The molecule has 0 aromatic heterocycles. The van der Waals surface area contributed by atoms with Gasteiger partial charge in [-0.15, -0.1) is 0 Å². The van der Waals surface area contributed by atoms with Crippen molar-refractivity contribution in [2.24, 2.45) is 0 Å². The third kappa shape index (κ3) is 6.50. The summed E-state index contributed by atoms with van der Waals surface area (Å²) in [5, 5.41) is 5.36. The van der Waals surface area contributed by atoms with Crippen molar-refractivity contribution < 1.29 is 43.7 Å². The predicted molar refractivity (Wildman–Crippen MR) is 157 cm³/mol. The van der Waals surface area contributed by atoms with Gasteiger partial charge in [-0.2, -0.15) is 0 Å². The van der Waals surface area contributed by atoms with E-state index in [9.17, 15) is 9.59 Å². The first-order valence-corrected chi connectivity index (χ1v) is 17.2. The maximum atomic E-state index is 16.7. The molecule has 2 aliphatic carbocycles. The number of nitrogens with zero attached hydrogens (tertiary/aromatic N) is 2. The topological polar surface area (TPSA) is 64.7 Å². The Bertz CT molecular complexity index is 1420. The second-order valence-corrected chi connectivity index (χ2v) is 16.9. The first-order chi connectivity index (χ1) is 20.5. The van der Waals surface area contributed by atoms with E-state index in [-0.39, 0.29) is 56.9 Å². The molecule has 4 amide bonds. The summed E-state index contributed by atoms with van der Waals surface area (Å²) in [4.78, 5) is 26.7. The van der Waals surface area contributed by atoms with Gasteiger partial charge in [0.2, 0.25) is 0 Å². The second-order valence-electron chi connectivity index (χ2n) is 10.9. The first kappa shape index (κ1) is 32.3. The van der Waals surface area contributed by atoms with Gasteiger partial charge in [-0.25, -0.2) is 0 Å². The summed E-state index contributed by atoms with van der Waals surface area (Å²) in [6, 6.07) is 4.24. The maximum absolute atomic E-state index is 16.7. The Kier molecular flexibility index (Phi) is 10.3. The molecule has 6 nitrogen and oxygen atoms in total. The molecule has 0 unspecified atom stereocenters. The molecule has 2 aromatic rings. The number of carbonyl (C=O) groups excluding carboxylic acids is 2. The number of rotatable bonds is 10. The fourth-order valence-electron chi connectivity index (χ4n) is 5.61. The van der Waals surface area contributed by atoms with Crippen molar-refractivity contribution in [3.63, 3.8) is 0 Å². The number of urea groups is 2. The molecule has 0 bridgehead atoms. The zero-order valence-corrected chi connectivity index (χ0v) is 26.3. The minimum atomic E-state index is -4.96. The van der Waals surface area contributed by atoms with Gasteiger partial charge in [0.05, 0.1) is 0 Å². The summed E-state index contributed by atoms with van der Waals surface area (Å²) >= 11 is -4.96. The zero-order valence-electron chi connectivity index (χ0n) is 24.7. The van der Waals surface area contributed by atoms with E-state index in [0.29, 0.717) is 20.6 Å². The molecule has 2 N–H and O–H groups in total. The van der Waals surface area contributed by atoms with Gasteiger partial charge in [-0.3, -0.25) is 0 Å². The average Bonchev–Trinajstić information content (AvgIpc) is 3.70. The van der Waals surface area contributed by atoms with Crippen molar-refractivity contribution in [2.75, 3.05) is 41.3 Å². The Balaban J connectivity index is 1.91. The third-order valence-corrected chi connectivity index (χ3v) is 15.7. The molecule has 2 aromatic carbocycles. The summed E-state index contributed by atoms with van der Waals surface area (Å²) in [5.74, 6) is -3.41. The first-order valence-electron chi connectivity index (χ1n) is 14.1. The van der Waals surface area contributed by atoms with Crippen LogP contribution in [-0.2, 0) is 29.4 Å². The van der Waals surface area contributed by atoms with E-state index >= 15 is 17.6 Å². The van der Waals surface area contributed by atoms with Gasteiger partial charge >= 0.3 is 254 Å². The molecule has 228 valence electrons. The Hall–Kier alpha value is -3.63. The van der Waals surface area contributed by atoms with E-state index in [4.69, 9.17) is 0 Å². The summed E-state index contributed by atoms with van der Waals surface area (Å²) in [6.07, 6.45) is 11.4. The van der Waals surface area contributed by atoms with Crippen LogP contribution < -0.4 is 18.4 Å². The van der Waals surface area contributed by atoms with E-state index in [1.807, 2.05) is 12.2 Å². The number of hydrogen-bond donors (Lipinski definition) is 2. The molecule has 2 aliphatic rings. The summed E-state index contributed by atoms with van der Waals surface area (Å²) < 4.78 is 66.4. The summed E-state index contributed by atoms with van der Waals surface area (Å²) in [5.41, 5.74) is 0.291. The number of halogens is 4. The SMILES string of the molecule is CN(C)C(=O)NCCc1ccc(F)[c]([Ti]([C]2=CC=CC2)([C]2=CC=CC2)[c]2c(F)ccc(CCNC(=O)N(C)C)c2F)c1F. The normalized spacial score (nSPS) is 14.0. The molecule has 0 atom stereocenters. The summed E-state index contributed by atoms with van der Waals surface area (Å²) in [7, 11) is 6.31. The van der Waals surface area contributed by atoms with E-state index < -0.39 is 39.9 Å². The van der Waals surface area contributed by atoms with E-state index in [2.05, 4.69) is 10.6 Å². The number of allylic oxidation sites excluding steroid dienone is 8. The van der Waals surface area contributed by atoms with Crippen molar-refractivity contribution >= 4 is 19.8 Å². The van der Waals surface area contributed by atoms with Crippen LogP contribution >= 0.6 is 0 Å². The minimum absolute atomic E-state index is 0.0577. The fraction of sp³-hybridized carbons (Fsp3) is 0.312. The molecule has 0 spiro atoms. The Morgan fingerprint density at radius 3 is 1.42 bits per heavy atom. The van der Waals surface area contributed by atoms with Crippen LogP contribution in [0.2, 0.25) is 0 Å². The molecular formula is C32H36F4N4O2Ti. The van der Waals surface area contributed by atoms with Gasteiger partial charge in [0, 0.05) is 0 Å².